The summed E-state index contributed by atoms with van der Waals surface area (Å²) in [7, 11) is 1.15. The second-order valence-electron chi connectivity index (χ2n) is 3.22. The fourth-order valence-electron chi connectivity index (χ4n) is 1.39. The molecule has 0 aliphatic carbocycles. The molecule has 0 amide bonds. The number of aliphatic hydroxyl groups excluding tert-OH is 1. The highest BCUT2D eigenvalue weighted by Gasteiger charge is 2.30. The van der Waals surface area contributed by atoms with E-state index in [1.165, 1.54) is 0 Å². The van der Waals surface area contributed by atoms with E-state index >= 15 is 0 Å². The lowest BCUT2D eigenvalue weighted by molar-refractivity contribution is -0.386. The molecule has 0 spiro atoms. The Morgan fingerprint density at radius 3 is 2.61 bits per heavy atom. The average Bonchev–Trinajstić information content (AvgIpc) is 2.35. The van der Waals surface area contributed by atoms with Crippen molar-refractivity contribution in [1.29, 1.82) is 5.26 Å². The number of carboxylic acids is 1. The highest BCUT2D eigenvalue weighted by Crippen LogP contribution is 2.35. The second-order valence-corrected chi connectivity index (χ2v) is 3.22. The molecule has 1 aromatic rings. The number of aliphatic hydroxyl groups is 1. The average molecular weight is 252 g/mol. The van der Waals surface area contributed by atoms with E-state index in [-0.39, 0.29) is 11.3 Å². The SMILES string of the molecule is COc1cc(C#N)cc([N+](=O)[O-])c1C(O)C(=O)O. The lowest BCUT2D eigenvalue weighted by Gasteiger charge is -2.11. The van der Waals surface area contributed by atoms with Gasteiger partial charge in [-0.3, -0.25) is 10.1 Å². The van der Waals surface area contributed by atoms with Crippen LogP contribution in [0.3, 0.4) is 0 Å². The number of hydrogen-bond acceptors (Lipinski definition) is 6. The zero-order chi connectivity index (χ0) is 13.9. The van der Waals surface area contributed by atoms with Gasteiger partial charge in [0.25, 0.3) is 5.69 Å². The third kappa shape index (κ3) is 2.36. The zero-order valence-electron chi connectivity index (χ0n) is 9.15. The molecule has 1 atom stereocenters. The first kappa shape index (κ1) is 13.4. The summed E-state index contributed by atoms with van der Waals surface area (Å²) in [5, 5.41) is 37.6. The van der Waals surface area contributed by atoms with E-state index in [0.29, 0.717) is 0 Å². The van der Waals surface area contributed by atoms with Gasteiger partial charge in [-0.1, -0.05) is 0 Å². The number of nitrogens with zero attached hydrogens (tertiary/aromatic N) is 2. The van der Waals surface area contributed by atoms with Gasteiger partial charge in [-0.2, -0.15) is 5.26 Å². The van der Waals surface area contributed by atoms with Gasteiger partial charge >= 0.3 is 5.97 Å². The number of benzene rings is 1. The molecule has 2 N–H and O–H groups in total. The van der Waals surface area contributed by atoms with Gasteiger partial charge < -0.3 is 14.9 Å². The first-order chi connectivity index (χ1) is 8.42. The molecule has 0 radical (unpaired) electrons. The number of aliphatic carboxylic acids is 1. The summed E-state index contributed by atoms with van der Waals surface area (Å²) in [5.41, 5.74) is -1.24. The molecule has 0 heterocycles. The molecule has 1 rings (SSSR count). The monoisotopic (exact) mass is 252 g/mol. The molecule has 18 heavy (non-hydrogen) atoms. The largest absolute Gasteiger partial charge is 0.496 e. The topological polar surface area (TPSA) is 134 Å². The normalized spacial score (nSPS) is 11.4. The smallest absolute Gasteiger partial charge is 0.337 e. The van der Waals surface area contributed by atoms with Gasteiger partial charge in [-0.05, 0) is 6.07 Å². The Kier molecular flexibility index (Phi) is 3.81. The van der Waals surface area contributed by atoms with Crippen molar-refractivity contribution in [2.75, 3.05) is 7.11 Å². The summed E-state index contributed by atoms with van der Waals surface area (Å²) in [4.78, 5) is 20.6. The van der Waals surface area contributed by atoms with Crippen LogP contribution in [0, 0.1) is 21.4 Å². The number of carbonyl (C=O) groups is 1. The Balaban J connectivity index is 3.60. The van der Waals surface area contributed by atoms with Crippen LogP contribution in [0.1, 0.15) is 17.2 Å². The quantitative estimate of drug-likeness (QED) is 0.591. The fourth-order valence-corrected chi connectivity index (χ4v) is 1.39. The van der Waals surface area contributed by atoms with Crippen molar-refractivity contribution in [3.8, 4) is 11.8 Å². The molecule has 0 bridgehead atoms. The Labute approximate surface area is 101 Å². The predicted octanol–water partition coefficient (Wildman–Crippen LogP) is 0.593. The molecule has 0 aliphatic rings. The third-order valence-corrected chi connectivity index (χ3v) is 2.17. The minimum atomic E-state index is -2.10. The van der Waals surface area contributed by atoms with Crippen molar-refractivity contribution in [2.24, 2.45) is 0 Å². The number of carboxylic acid groups (broad SMARTS) is 1. The van der Waals surface area contributed by atoms with Crippen LogP contribution >= 0.6 is 0 Å². The van der Waals surface area contributed by atoms with Crippen molar-refractivity contribution in [3.63, 3.8) is 0 Å². The van der Waals surface area contributed by atoms with Crippen LogP contribution in [0.5, 0.6) is 5.75 Å². The summed E-state index contributed by atoms with van der Waals surface area (Å²) in [6.45, 7) is 0. The van der Waals surface area contributed by atoms with Gasteiger partial charge in [-0.15, -0.1) is 0 Å². The highest BCUT2D eigenvalue weighted by molar-refractivity contribution is 5.78. The van der Waals surface area contributed by atoms with Gasteiger partial charge in [0.2, 0.25) is 0 Å². The summed E-state index contributed by atoms with van der Waals surface area (Å²) in [6, 6.07) is 3.68. The third-order valence-electron chi connectivity index (χ3n) is 2.17. The number of ether oxygens (including phenoxy) is 1. The van der Waals surface area contributed by atoms with E-state index in [2.05, 4.69) is 0 Å². The summed E-state index contributed by atoms with van der Waals surface area (Å²) < 4.78 is 4.77. The maximum atomic E-state index is 10.8. The van der Waals surface area contributed by atoms with Gasteiger partial charge in [0.15, 0.2) is 6.10 Å². The van der Waals surface area contributed by atoms with Crippen LogP contribution in [-0.4, -0.2) is 28.2 Å². The minimum Gasteiger partial charge on any atom is -0.496 e. The molecular formula is C10H8N2O6. The van der Waals surface area contributed by atoms with Crippen molar-refractivity contribution in [2.45, 2.75) is 6.10 Å². The number of nitro benzene ring substituents is 1. The standard InChI is InChI=1S/C10H8N2O6/c1-18-7-3-5(4-11)2-6(12(16)17)8(7)9(13)10(14)15/h2-3,9,13H,1H3,(H,14,15). The van der Waals surface area contributed by atoms with Crippen molar-refractivity contribution < 1.29 is 24.7 Å². The minimum absolute atomic E-state index is 0.0695. The van der Waals surface area contributed by atoms with E-state index in [0.717, 1.165) is 19.2 Å². The van der Waals surface area contributed by atoms with Gasteiger partial charge in [0, 0.05) is 6.07 Å². The number of nitro groups is 1. The molecule has 0 saturated heterocycles. The second kappa shape index (κ2) is 5.11. The summed E-state index contributed by atoms with van der Waals surface area (Å²) in [6.07, 6.45) is -2.10. The van der Waals surface area contributed by atoms with Crippen molar-refractivity contribution in [3.05, 3.63) is 33.4 Å². The van der Waals surface area contributed by atoms with Crippen molar-refractivity contribution in [1.82, 2.24) is 0 Å². The van der Waals surface area contributed by atoms with Crippen LogP contribution in [0.4, 0.5) is 5.69 Å². The first-order valence-corrected chi connectivity index (χ1v) is 4.59. The van der Waals surface area contributed by atoms with E-state index in [1.807, 2.05) is 0 Å². The number of hydrogen-bond donors (Lipinski definition) is 2. The Morgan fingerprint density at radius 2 is 2.22 bits per heavy atom. The van der Waals surface area contributed by atoms with Crippen LogP contribution in [0.25, 0.3) is 0 Å². The van der Waals surface area contributed by atoms with Crippen LogP contribution < -0.4 is 4.74 Å². The Hall–Kier alpha value is -2.66. The zero-order valence-corrected chi connectivity index (χ0v) is 9.15. The molecule has 0 saturated carbocycles. The summed E-state index contributed by atoms with van der Waals surface area (Å²) >= 11 is 0. The first-order valence-electron chi connectivity index (χ1n) is 4.59. The molecule has 1 aromatic carbocycles. The molecule has 1 unspecified atom stereocenters. The maximum Gasteiger partial charge on any atom is 0.337 e. The van der Waals surface area contributed by atoms with E-state index < -0.39 is 28.2 Å². The van der Waals surface area contributed by atoms with Gasteiger partial charge in [-0.25, -0.2) is 4.79 Å². The van der Waals surface area contributed by atoms with Crippen molar-refractivity contribution >= 4 is 11.7 Å². The lowest BCUT2D eigenvalue weighted by atomic mass is 10.0. The molecule has 0 aliphatic heterocycles. The molecule has 94 valence electrons. The van der Waals surface area contributed by atoms with Gasteiger partial charge in [0.05, 0.1) is 23.7 Å². The Bertz CT molecular complexity index is 548. The van der Waals surface area contributed by atoms with Crippen LogP contribution in [-0.2, 0) is 4.79 Å². The Morgan fingerprint density at radius 1 is 1.61 bits per heavy atom. The fraction of sp³-hybridized carbons (Fsp3) is 0.200. The van der Waals surface area contributed by atoms with Crippen LogP contribution in [0.15, 0.2) is 12.1 Å². The van der Waals surface area contributed by atoms with Crippen LogP contribution in [0.2, 0.25) is 0 Å². The number of rotatable bonds is 4. The van der Waals surface area contributed by atoms with E-state index in [9.17, 15) is 20.0 Å². The maximum absolute atomic E-state index is 10.8. The molecule has 8 heteroatoms. The van der Waals surface area contributed by atoms with E-state index in [4.69, 9.17) is 15.1 Å². The number of methoxy groups -OCH3 is 1. The number of nitriles is 1. The molecule has 0 fully saturated rings. The van der Waals surface area contributed by atoms with Gasteiger partial charge in [0.1, 0.15) is 11.3 Å². The highest BCUT2D eigenvalue weighted by atomic mass is 16.6. The molecular weight excluding hydrogens is 244 g/mol. The molecule has 8 nitrogen and oxygen atoms in total. The molecule has 0 aromatic heterocycles. The predicted molar refractivity (Wildman–Crippen MR) is 57.0 cm³/mol. The van der Waals surface area contributed by atoms with E-state index in [1.54, 1.807) is 6.07 Å². The summed E-state index contributed by atoms with van der Waals surface area (Å²) in [5.74, 6) is -1.88. The lowest BCUT2D eigenvalue weighted by Crippen LogP contribution is -2.14.